The van der Waals surface area contributed by atoms with Gasteiger partial charge in [0.05, 0.1) is 6.54 Å². The molecule has 0 spiro atoms. The van der Waals surface area contributed by atoms with Crippen molar-refractivity contribution in [1.29, 1.82) is 0 Å². The second-order valence-corrected chi connectivity index (χ2v) is 6.09. The number of nitrogens with one attached hydrogen (secondary N) is 1. The van der Waals surface area contributed by atoms with Gasteiger partial charge in [-0.05, 0) is 39.2 Å². The number of rotatable bonds is 4. The Balaban J connectivity index is 1.73. The molecule has 2 rings (SSSR count). The number of Topliss-reactive ketones (excluding diaryl/α,β-unsaturated/α-hetero) is 1. The standard InChI is InChI=1S/C15H26N2O2/c1-12(18)13-6-5-9-17(10-13)11-15(19)16-14-7-3-2-4-8-14/h13-14H,2-11H2,1H3,(H,16,19). The highest BCUT2D eigenvalue weighted by Crippen LogP contribution is 2.18. The number of ketones is 1. The van der Waals surface area contributed by atoms with Gasteiger partial charge in [-0.2, -0.15) is 0 Å². The number of amides is 1. The van der Waals surface area contributed by atoms with Gasteiger partial charge >= 0.3 is 0 Å². The summed E-state index contributed by atoms with van der Waals surface area (Å²) in [5.74, 6) is 0.532. The summed E-state index contributed by atoms with van der Waals surface area (Å²) < 4.78 is 0. The summed E-state index contributed by atoms with van der Waals surface area (Å²) in [5, 5.41) is 3.14. The molecule has 0 radical (unpaired) electrons. The lowest BCUT2D eigenvalue weighted by Crippen LogP contribution is -2.46. The van der Waals surface area contributed by atoms with Crippen molar-refractivity contribution in [2.75, 3.05) is 19.6 Å². The highest BCUT2D eigenvalue weighted by atomic mass is 16.2. The molecule has 1 heterocycles. The van der Waals surface area contributed by atoms with Crippen LogP contribution in [0.25, 0.3) is 0 Å². The van der Waals surface area contributed by atoms with Crippen LogP contribution in [-0.2, 0) is 9.59 Å². The van der Waals surface area contributed by atoms with E-state index in [9.17, 15) is 9.59 Å². The Hall–Kier alpha value is -0.900. The number of likely N-dealkylation sites (tertiary alicyclic amines) is 1. The predicted octanol–water partition coefficient (Wildman–Crippen LogP) is 1.74. The Kier molecular flexibility index (Phi) is 5.37. The van der Waals surface area contributed by atoms with Crippen LogP contribution in [0.4, 0.5) is 0 Å². The lowest BCUT2D eigenvalue weighted by Gasteiger charge is -2.31. The van der Waals surface area contributed by atoms with Gasteiger partial charge < -0.3 is 5.32 Å². The van der Waals surface area contributed by atoms with Crippen LogP contribution < -0.4 is 5.32 Å². The quantitative estimate of drug-likeness (QED) is 0.843. The highest BCUT2D eigenvalue weighted by Gasteiger charge is 2.25. The van der Waals surface area contributed by atoms with E-state index in [0.717, 1.165) is 38.8 Å². The van der Waals surface area contributed by atoms with Gasteiger partial charge in [-0.3, -0.25) is 14.5 Å². The summed E-state index contributed by atoms with van der Waals surface area (Å²) in [6, 6.07) is 0.384. The molecule has 4 heteroatoms. The molecule has 1 saturated heterocycles. The molecule has 1 atom stereocenters. The molecular formula is C15H26N2O2. The predicted molar refractivity (Wildman–Crippen MR) is 74.9 cm³/mol. The van der Waals surface area contributed by atoms with E-state index in [2.05, 4.69) is 10.2 Å². The molecule has 1 aliphatic heterocycles. The molecule has 0 aromatic carbocycles. The van der Waals surface area contributed by atoms with E-state index in [1.165, 1.54) is 19.3 Å². The number of piperidine rings is 1. The first-order valence-corrected chi connectivity index (χ1v) is 7.67. The first-order valence-electron chi connectivity index (χ1n) is 7.67. The summed E-state index contributed by atoms with van der Waals surface area (Å²) in [4.78, 5) is 25.6. The van der Waals surface area contributed by atoms with E-state index in [1.807, 2.05) is 0 Å². The number of hydrogen-bond donors (Lipinski definition) is 1. The molecule has 1 amide bonds. The van der Waals surface area contributed by atoms with Crippen molar-refractivity contribution < 1.29 is 9.59 Å². The van der Waals surface area contributed by atoms with Crippen molar-refractivity contribution in [2.24, 2.45) is 5.92 Å². The zero-order chi connectivity index (χ0) is 13.7. The van der Waals surface area contributed by atoms with E-state index in [1.54, 1.807) is 6.92 Å². The average Bonchev–Trinajstić information content (AvgIpc) is 2.40. The van der Waals surface area contributed by atoms with Crippen molar-refractivity contribution in [1.82, 2.24) is 10.2 Å². The fraction of sp³-hybridized carbons (Fsp3) is 0.867. The lowest BCUT2D eigenvalue weighted by atomic mass is 9.94. The topological polar surface area (TPSA) is 49.4 Å². The first kappa shape index (κ1) is 14.5. The van der Waals surface area contributed by atoms with Gasteiger partial charge in [0.1, 0.15) is 5.78 Å². The fourth-order valence-electron chi connectivity index (χ4n) is 3.25. The van der Waals surface area contributed by atoms with Crippen LogP contribution in [-0.4, -0.2) is 42.3 Å². The zero-order valence-electron chi connectivity index (χ0n) is 12.0. The zero-order valence-corrected chi connectivity index (χ0v) is 12.0. The Bertz CT molecular complexity index is 324. The van der Waals surface area contributed by atoms with Gasteiger partial charge in [-0.25, -0.2) is 0 Å². The third-order valence-corrected chi connectivity index (χ3v) is 4.42. The summed E-state index contributed by atoms with van der Waals surface area (Å²) in [6.45, 7) is 3.83. The molecule has 0 aromatic rings. The molecule has 4 nitrogen and oxygen atoms in total. The smallest absolute Gasteiger partial charge is 0.234 e. The van der Waals surface area contributed by atoms with E-state index < -0.39 is 0 Å². The van der Waals surface area contributed by atoms with Gasteiger partial charge in [0.25, 0.3) is 0 Å². The fourth-order valence-corrected chi connectivity index (χ4v) is 3.25. The van der Waals surface area contributed by atoms with Gasteiger partial charge in [0.15, 0.2) is 0 Å². The molecule has 1 unspecified atom stereocenters. The van der Waals surface area contributed by atoms with E-state index in [4.69, 9.17) is 0 Å². The molecule has 1 saturated carbocycles. The van der Waals surface area contributed by atoms with Crippen LogP contribution >= 0.6 is 0 Å². The van der Waals surface area contributed by atoms with Gasteiger partial charge in [-0.15, -0.1) is 0 Å². The highest BCUT2D eigenvalue weighted by molar-refractivity contribution is 5.80. The van der Waals surface area contributed by atoms with Crippen molar-refractivity contribution in [3.05, 3.63) is 0 Å². The lowest BCUT2D eigenvalue weighted by molar-refractivity contribution is -0.126. The summed E-state index contributed by atoms with van der Waals surface area (Å²) in [6.07, 6.45) is 8.04. The minimum atomic E-state index is 0.135. The number of hydrogen-bond acceptors (Lipinski definition) is 3. The minimum absolute atomic E-state index is 0.135. The normalized spacial score (nSPS) is 26.1. The Labute approximate surface area is 115 Å². The van der Waals surface area contributed by atoms with E-state index in [-0.39, 0.29) is 17.6 Å². The molecule has 19 heavy (non-hydrogen) atoms. The number of carbonyl (C=O) groups excluding carboxylic acids is 2. The maximum absolute atomic E-state index is 12.0. The van der Waals surface area contributed by atoms with Crippen LogP contribution in [0.2, 0.25) is 0 Å². The summed E-state index contributed by atoms with van der Waals surface area (Å²) in [5.41, 5.74) is 0. The van der Waals surface area contributed by atoms with E-state index >= 15 is 0 Å². The summed E-state index contributed by atoms with van der Waals surface area (Å²) >= 11 is 0. The third kappa shape index (κ3) is 4.60. The van der Waals surface area contributed by atoms with Crippen molar-refractivity contribution in [3.8, 4) is 0 Å². The van der Waals surface area contributed by atoms with E-state index in [0.29, 0.717) is 12.6 Å². The molecule has 1 aliphatic carbocycles. The van der Waals surface area contributed by atoms with Crippen molar-refractivity contribution >= 4 is 11.7 Å². The Morgan fingerprint density at radius 2 is 1.84 bits per heavy atom. The first-order chi connectivity index (χ1) is 9.15. The monoisotopic (exact) mass is 266 g/mol. The molecule has 2 aliphatic rings. The van der Waals surface area contributed by atoms with Gasteiger partial charge in [-0.1, -0.05) is 19.3 Å². The second kappa shape index (κ2) is 7.04. The maximum atomic E-state index is 12.0. The molecular weight excluding hydrogens is 240 g/mol. The molecule has 2 fully saturated rings. The molecule has 1 N–H and O–H groups in total. The molecule has 108 valence electrons. The van der Waals surface area contributed by atoms with Crippen molar-refractivity contribution in [3.63, 3.8) is 0 Å². The average molecular weight is 266 g/mol. The Morgan fingerprint density at radius 3 is 2.53 bits per heavy atom. The number of nitrogens with zero attached hydrogens (tertiary/aromatic N) is 1. The minimum Gasteiger partial charge on any atom is -0.352 e. The van der Waals surface area contributed by atoms with Crippen LogP contribution in [0.1, 0.15) is 51.9 Å². The number of carbonyl (C=O) groups is 2. The van der Waals surface area contributed by atoms with Crippen LogP contribution in [0, 0.1) is 5.92 Å². The molecule has 0 bridgehead atoms. The van der Waals surface area contributed by atoms with Crippen LogP contribution in [0.3, 0.4) is 0 Å². The van der Waals surface area contributed by atoms with Crippen molar-refractivity contribution in [2.45, 2.75) is 57.9 Å². The second-order valence-electron chi connectivity index (χ2n) is 6.09. The largest absolute Gasteiger partial charge is 0.352 e. The maximum Gasteiger partial charge on any atom is 0.234 e. The third-order valence-electron chi connectivity index (χ3n) is 4.42. The van der Waals surface area contributed by atoms with Crippen LogP contribution in [0.5, 0.6) is 0 Å². The van der Waals surface area contributed by atoms with Gasteiger partial charge in [0, 0.05) is 18.5 Å². The Morgan fingerprint density at radius 1 is 1.11 bits per heavy atom. The molecule has 0 aromatic heterocycles. The summed E-state index contributed by atoms with van der Waals surface area (Å²) in [7, 11) is 0. The van der Waals surface area contributed by atoms with Gasteiger partial charge in [0.2, 0.25) is 5.91 Å². The SMILES string of the molecule is CC(=O)C1CCCN(CC(=O)NC2CCCCC2)C1. The van der Waals surface area contributed by atoms with Crippen LogP contribution in [0.15, 0.2) is 0 Å².